The lowest BCUT2D eigenvalue weighted by atomic mass is 10.0. The van der Waals surface area contributed by atoms with Gasteiger partial charge in [0.15, 0.2) is 0 Å². The first-order chi connectivity index (χ1) is 10.1. The highest BCUT2D eigenvalue weighted by atomic mass is 15.2. The van der Waals surface area contributed by atoms with Gasteiger partial charge in [-0.1, -0.05) is 26.7 Å². The number of nitrogen functional groups attached to an aromatic ring is 1. The van der Waals surface area contributed by atoms with E-state index in [1.165, 1.54) is 30.5 Å². The van der Waals surface area contributed by atoms with E-state index in [-0.39, 0.29) is 5.84 Å². The van der Waals surface area contributed by atoms with Crippen molar-refractivity contribution in [3.05, 3.63) is 22.9 Å². The fraction of sp³-hybridized carbons (Fsp3) is 0.647. The summed E-state index contributed by atoms with van der Waals surface area (Å²) in [5.41, 5.74) is 9.11. The number of nitrogens with two attached hydrogens (primary N) is 1. The zero-order valence-electron chi connectivity index (χ0n) is 13.6. The first-order valence-electron chi connectivity index (χ1n) is 8.22. The van der Waals surface area contributed by atoms with Gasteiger partial charge in [0.25, 0.3) is 0 Å². The van der Waals surface area contributed by atoms with Crippen LogP contribution in [0.25, 0.3) is 0 Å². The molecule has 0 amide bonds. The maximum Gasteiger partial charge on any atom is 0.139 e. The molecule has 0 saturated carbocycles. The summed E-state index contributed by atoms with van der Waals surface area (Å²) in [6.45, 7) is 8.54. The number of pyridine rings is 1. The normalized spacial score (nSPS) is 13.5. The molecular weight excluding hydrogens is 260 g/mol. The van der Waals surface area contributed by atoms with Gasteiger partial charge in [0, 0.05) is 18.8 Å². The van der Waals surface area contributed by atoms with E-state index in [9.17, 15) is 0 Å². The highest BCUT2D eigenvalue weighted by molar-refractivity contribution is 6.00. The number of aromatic nitrogens is 1. The van der Waals surface area contributed by atoms with Gasteiger partial charge in [-0.15, -0.1) is 0 Å². The van der Waals surface area contributed by atoms with Crippen molar-refractivity contribution in [2.45, 2.75) is 52.9 Å². The molecule has 0 aromatic carbocycles. The molecule has 1 aromatic rings. The summed E-state index contributed by atoms with van der Waals surface area (Å²) in [4.78, 5) is 7.17. The van der Waals surface area contributed by atoms with Gasteiger partial charge in [0.1, 0.15) is 11.7 Å². The van der Waals surface area contributed by atoms with Gasteiger partial charge in [0.05, 0.1) is 5.56 Å². The molecule has 1 aliphatic rings. The van der Waals surface area contributed by atoms with Crippen molar-refractivity contribution in [2.75, 3.05) is 18.0 Å². The molecule has 1 aromatic heterocycles. The third-order valence-corrected chi connectivity index (χ3v) is 4.64. The van der Waals surface area contributed by atoms with E-state index in [4.69, 9.17) is 16.1 Å². The quantitative estimate of drug-likeness (QED) is 0.598. The van der Waals surface area contributed by atoms with E-state index < -0.39 is 0 Å². The summed E-state index contributed by atoms with van der Waals surface area (Å²) < 4.78 is 0. The van der Waals surface area contributed by atoms with Gasteiger partial charge in [-0.2, -0.15) is 0 Å². The number of hydrogen-bond donors (Lipinski definition) is 2. The summed E-state index contributed by atoms with van der Waals surface area (Å²) >= 11 is 0. The zero-order chi connectivity index (χ0) is 15.4. The van der Waals surface area contributed by atoms with Crippen molar-refractivity contribution in [1.82, 2.24) is 4.98 Å². The SMILES string of the molecule is CCC(CC)CN(CC)c1nc2c(cc1C(=N)N)CCC2. The molecule has 116 valence electrons. The Bertz CT molecular complexity index is 506. The molecule has 4 nitrogen and oxygen atoms in total. The Labute approximate surface area is 128 Å². The highest BCUT2D eigenvalue weighted by Gasteiger charge is 2.21. The van der Waals surface area contributed by atoms with E-state index >= 15 is 0 Å². The number of rotatable bonds is 7. The maximum atomic E-state index is 7.89. The molecule has 4 heteroatoms. The van der Waals surface area contributed by atoms with Crippen LogP contribution in [0.2, 0.25) is 0 Å². The van der Waals surface area contributed by atoms with Crippen molar-refractivity contribution in [2.24, 2.45) is 11.7 Å². The Hall–Kier alpha value is -1.58. The number of amidine groups is 1. The molecule has 1 aliphatic carbocycles. The third-order valence-electron chi connectivity index (χ3n) is 4.64. The van der Waals surface area contributed by atoms with Gasteiger partial charge in [0.2, 0.25) is 0 Å². The molecule has 3 N–H and O–H groups in total. The molecule has 0 unspecified atom stereocenters. The second-order valence-electron chi connectivity index (χ2n) is 5.95. The largest absolute Gasteiger partial charge is 0.384 e. The summed E-state index contributed by atoms with van der Waals surface area (Å²) in [6.07, 6.45) is 5.65. The summed E-state index contributed by atoms with van der Waals surface area (Å²) in [6, 6.07) is 2.10. The number of anilines is 1. The minimum atomic E-state index is 0.134. The third kappa shape index (κ3) is 3.36. The van der Waals surface area contributed by atoms with Crippen molar-refractivity contribution in [3.63, 3.8) is 0 Å². The van der Waals surface area contributed by atoms with Crippen molar-refractivity contribution >= 4 is 11.7 Å². The fourth-order valence-corrected chi connectivity index (χ4v) is 3.12. The van der Waals surface area contributed by atoms with Gasteiger partial charge in [-0.3, -0.25) is 5.41 Å². The minimum Gasteiger partial charge on any atom is -0.384 e. The number of hydrogen-bond acceptors (Lipinski definition) is 3. The van der Waals surface area contributed by atoms with Crippen LogP contribution in [0.15, 0.2) is 6.07 Å². The van der Waals surface area contributed by atoms with Crippen LogP contribution in [0, 0.1) is 11.3 Å². The van der Waals surface area contributed by atoms with Crippen LogP contribution >= 0.6 is 0 Å². The van der Waals surface area contributed by atoms with E-state index in [2.05, 4.69) is 31.7 Å². The van der Waals surface area contributed by atoms with Crippen molar-refractivity contribution in [3.8, 4) is 0 Å². The number of nitrogens with zero attached hydrogens (tertiary/aromatic N) is 2. The Morgan fingerprint density at radius 2 is 2.05 bits per heavy atom. The molecule has 0 fully saturated rings. The predicted octanol–water partition coefficient (Wildman–Crippen LogP) is 3.12. The molecule has 0 spiro atoms. The first-order valence-corrected chi connectivity index (χ1v) is 8.22. The number of fused-ring (bicyclic) bond motifs is 1. The Kier molecular flexibility index (Phi) is 5.21. The number of nitrogens with one attached hydrogen (secondary N) is 1. The van der Waals surface area contributed by atoms with Crippen LogP contribution in [0.3, 0.4) is 0 Å². The molecule has 0 saturated heterocycles. The minimum absolute atomic E-state index is 0.134. The Morgan fingerprint density at radius 3 is 2.62 bits per heavy atom. The summed E-state index contributed by atoms with van der Waals surface area (Å²) in [7, 11) is 0. The molecule has 0 radical (unpaired) electrons. The lowest BCUT2D eigenvalue weighted by Gasteiger charge is -2.28. The topological polar surface area (TPSA) is 66.0 Å². The van der Waals surface area contributed by atoms with Crippen LogP contribution in [0.1, 0.15) is 56.9 Å². The fourth-order valence-electron chi connectivity index (χ4n) is 3.12. The Morgan fingerprint density at radius 1 is 1.33 bits per heavy atom. The van der Waals surface area contributed by atoms with Gasteiger partial charge in [-0.25, -0.2) is 4.98 Å². The average molecular weight is 288 g/mol. The predicted molar refractivity (Wildman–Crippen MR) is 89.2 cm³/mol. The van der Waals surface area contributed by atoms with E-state index in [0.717, 1.165) is 37.3 Å². The Balaban J connectivity index is 2.37. The monoisotopic (exact) mass is 288 g/mol. The smallest absolute Gasteiger partial charge is 0.139 e. The molecule has 2 rings (SSSR count). The lowest BCUT2D eigenvalue weighted by Crippen LogP contribution is -2.32. The lowest BCUT2D eigenvalue weighted by molar-refractivity contribution is 0.484. The summed E-state index contributed by atoms with van der Waals surface area (Å²) in [5.74, 6) is 1.72. The first kappa shape index (κ1) is 15.8. The zero-order valence-corrected chi connectivity index (χ0v) is 13.6. The van der Waals surface area contributed by atoms with E-state index in [1.54, 1.807) is 0 Å². The molecule has 0 atom stereocenters. The van der Waals surface area contributed by atoms with Crippen molar-refractivity contribution in [1.29, 1.82) is 5.41 Å². The van der Waals surface area contributed by atoms with Crippen LogP contribution in [-0.2, 0) is 12.8 Å². The van der Waals surface area contributed by atoms with Gasteiger partial charge < -0.3 is 10.6 Å². The molecule has 1 heterocycles. The van der Waals surface area contributed by atoms with Crippen LogP contribution in [0.5, 0.6) is 0 Å². The second-order valence-corrected chi connectivity index (χ2v) is 5.95. The van der Waals surface area contributed by atoms with Crippen LogP contribution in [0.4, 0.5) is 5.82 Å². The van der Waals surface area contributed by atoms with Gasteiger partial charge >= 0.3 is 0 Å². The maximum absolute atomic E-state index is 7.89. The van der Waals surface area contributed by atoms with E-state index in [0.29, 0.717) is 5.92 Å². The standard InChI is InChI=1S/C17H28N4/c1-4-12(5-2)11-21(6-3)17-14(16(18)19)10-13-8-7-9-15(13)20-17/h10,12H,4-9,11H2,1-3H3,(H3,18,19). The molecule has 21 heavy (non-hydrogen) atoms. The molecular formula is C17H28N4. The van der Waals surface area contributed by atoms with Crippen molar-refractivity contribution < 1.29 is 0 Å². The molecule has 0 bridgehead atoms. The van der Waals surface area contributed by atoms with Crippen LogP contribution in [-0.4, -0.2) is 23.9 Å². The second kappa shape index (κ2) is 6.92. The average Bonchev–Trinajstić information content (AvgIpc) is 2.94. The molecule has 0 aliphatic heterocycles. The highest BCUT2D eigenvalue weighted by Crippen LogP contribution is 2.28. The van der Waals surface area contributed by atoms with E-state index in [1.807, 2.05) is 0 Å². The number of aryl methyl sites for hydroxylation is 2. The van der Waals surface area contributed by atoms with Gasteiger partial charge in [-0.05, 0) is 43.7 Å². The van der Waals surface area contributed by atoms with Crippen LogP contribution < -0.4 is 10.6 Å². The summed E-state index contributed by atoms with van der Waals surface area (Å²) in [5, 5.41) is 7.89.